The molecule has 0 atom stereocenters. The average molecular weight is 340 g/mol. The summed E-state index contributed by atoms with van der Waals surface area (Å²) in [6, 6.07) is 16.2. The van der Waals surface area contributed by atoms with Gasteiger partial charge in [-0.1, -0.05) is 30.3 Å². The van der Waals surface area contributed by atoms with Gasteiger partial charge in [-0.2, -0.15) is 0 Å². The van der Waals surface area contributed by atoms with E-state index in [-0.39, 0.29) is 13.2 Å². The molecule has 0 aliphatic carbocycles. The molecule has 124 valence electrons. The largest absolute Gasteiger partial charge is 0.395 e. The molecule has 3 aromatic rings. The third-order valence-corrected chi connectivity index (χ3v) is 4.73. The van der Waals surface area contributed by atoms with E-state index in [4.69, 9.17) is 10.2 Å². The summed E-state index contributed by atoms with van der Waals surface area (Å²) in [6.45, 7) is 1.17. The Bertz CT molecular complexity index is 773. The molecule has 2 N–H and O–H groups in total. The molecule has 3 rings (SSSR count). The summed E-state index contributed by atoms with van der Waals surface area (Å²) in [5.41, 5.74) is 3.11. The van der Waals surface area contributed by atoms with Crippen molar-refractivity contribution in [2.75, 3.05) is 31.2 Å². The number of nitrogens with zero attached hydrogens (tertiary/aromatic N) is 2. The van der Waals surface area contributed by atoms with Crippen LogP contribution >= 0.6 is 11.3 Å². The first-order valence-electron chi connectivity index (χ1n) is 7.90. The molecule has 0 fully saturated rings. The Labute approximate surface area is 145 Å². The topological polar surface area (TPSA) is 56.6 Å². The summed E-state index contributed by atoms with van der Waals surface area (Å²) < 4.78 is 1.19. The summed E-state index contributed by atoms with van der Waals surface area (Å²) in [5, 5.41) is 19.2. The van der Waals surface area contributed by atoms with Crippen LogP contribution < -0.4 is 4.90 Å². The van der Waals surface area contributed by atoms with Crippen LogP contribution in [0.4, 0.5) is 5.69 Å². The molecule has 1 aromatic heterocycles. The van der Waals surface area contributed by atoms with E-state index in [9.17, 15) is 0 Å². The molecule has 1 heterocycles. The number of rotatable bonds is 7. The molecule has 0 aliphatic rings. The predicted molar refractivity (Wildman–Crippen MR) is 101 cm³/mol. The highest BCUT2D eigenvalue weighted by atomic mass is 32.1. The minimum Gasteiger partial charge on any atom is -0.395 e. The molecule has 0 saturated carbocycles. The van der Waals surface area contributed by atoms with Gasteiger partial charge >= 0.3 is 0 Å². The molecule has 4 nitrogen and oxygen atoms in total. The number of thiazole rings is 1. The molecule has 0 spiro atoms. The smallest absolute Gasteiger partial charge is 0.117 e. The Balaban J connectivity index is 1.73. The van der Waals surface area contributed by atoms with Gasteiger partial charge in [0.25, 0.3) is 0 Å². The third-order valence-electron chi connectivity index (χ3n) is 3.73. The third kappa shape index (κ3) is 4.00. The van der Waals surface area contributed by atoms with Crippen LogP contribution in [-0.2, 0) is 0 Å². The first kappa shape index (κ1) is 16.6. The highest BCUT2D eigenvalue weighted by Crippen LogP contribution is 2.23. The van der Waals surface area contributed by atoms with Gasteiger partial charge in [-0.15, -0.1) is 11.3 Å². The molecule has 0 unspecified atom stereocenters. The van der Waals surface area contributed by atoms with Crippen molar-refractivity contribution in [1.29, 1.82) is 0 Å². The molecule has 0 amide bonds. The number of aliphatic hydroxyl groups excluding tert-OH is 2. The second-order valence-electron chi connectivity index (χ2n) is 5.38. The quantitative estimate of drug-likeness (QED) is 0.693. The van der Waals surface area contributed by atoms with Gasteiger partial charge in [-0.3, -0.25) is 0 Å². The summed E-state index contributed by atoms with van der Waals surface area (Å²) in [7, 11) is 0. The molecule has 2 aromatic carbocycles. The first-order valence-corrected chi connectivity index (χ1v) is 8.72. The van der Waals surface area contributed by atoms with E-state index in [2.05, 4.69) is 11.1 Å². The van der Waals surface area contributed by atoms with E-state index in [0.29, 0.717) is 13.1 Å². The molecule has 0 saturated heterocycles. The van der Waals surface area contributed by atoms with Crippen LogP contribution in [-0.4, -0.2) is 41.5 Å². The Morgan fingerprint density at radius 2 is 1.62 bits per heavy atom. The van der Waals surface area contributed by atoms with Crippen molar-refractivity contribution in [3.63, 3.8) is 0 Å². The summed E-state index contributed by atoms with van der Waals surface area (Å²) >= 11 is 1.68. The van der Waals surface area contributed by atoms with Crippen LogP contribution in [0.5, 0.6) is 0 Å². The van der Waals surface area contributed by atoms with Gasteiger partial charge in [-0.25, -0.2) is 4.98 Å². The van der Waals surface area contributed by atoms with Crippen LogP contribution in [0.15, 0.2) is 48.5 Å². The van der Waals surface area contributed by atoms with Gasteiger partial charge in [0.2, 0.25) is 0 Å². The van der Waals surface area contributed by atoms with Crippen LogP contribution in [0, 0.1) is 0 Å². The fourth-order valence-corrected chi connectivity index (χ4v) is 3.41. The zero-order valence-corrected chi connectivity index (χ0v) is 14.1. The van der Waals surface area contributed by atoms with E-state index >= 15 is 0 Å². The maximum Gasteiger partial charge on any atom is 0.117 e. The monoisotopic (exact) mass is 340 g/mol. The standard InChI is InChI=1S/C19H20N2O2S/c22-13-11-21(12-14-23)16-8-5-15(6-9-16)7-10-19-20-17-3-1-2-4-18(17)24-19/h1-10,22-23H,11-14H2/b10-7+. The highest BCUT2D eigenvalue weighted by Gasteiger charge is 2.04. The van der Waals surface area contributed by atoms with E-state index in [0.717, 1.165) is 21.8 Å². The molecule has 0 bridgehead atoms. The minimum absolute atomic E-state index is 0.0687. The lowest BCUT2D eigenvalue weighted by Gasteiger charge is -2.22. The highest BCUT2D eigenvalue weighted by molar-refractivity contribution is 7.19. The van der Waals surface area contributed by atoms with Crippen molar-refractivity contribution in [2.24, 2.45) is 0 Å². The second kappa shape index (κ2) is 8.06. The SMILES string of the molecule is OCCN(CCO)c1ccc(/C=C/c2nc3ccccc3s2)cc1. The lowest BCUT2D eigenvalue weighted by molar-refractivity contribution is 0.281. The number of aliphatic hydroxyl groups is 2. The average Bonchev–Trinajstić information content (AvgIpc) is 3.03. The van der Waals surface area contributed by atoms with Crippen molar-refractivity contribution < 1.29 is 10.2 Å². The molecule has 0 aliphatic heterocycles. The second-order valence-corrected chi connectivity index (χ2v) is 6.44. The van der Waals surface area contributed by atoms with Gasteiger partial charge in [-0.05, 0) is 35.9 Å². The van der Waals surface area contributed by atoms with E-state index < -0.39 is 0 Å². The van der Waals surface area contributed by atoms with Crippen molar-refractivity contribution >= 4 is 39.4 Å². The molecule has 0 radical (unpaired) electrons. The van der Waals surface area contributed by atoms with Gasteiger partial charge < -0.3 is 15.1 Å². The number of hydrogen-bond donors (Lipinski definition) is 2. The van der Waals surface area contributed by atoms with Crippen molar-refractivity contribution in [1.82, 2.24) is 4.98 Å². The summed E-state index contributed by atoms with van der Waals surface area (Å²) in [4.78, 5) is 6.55. The fraction of sp³-hybridized carbons (Fsp3) is 0.211. The number of aromatic nitrogens is 1. The number of anilines is 1. The lowest BCUT2D eigenvalue weighted by atomic mass is 10.2. The molecular weight excluding hydrogens is 320 g/mol. The Kier molecular flexibility index (Phi) is 5.59. The van der Waals surface area contributed by atoms with Crippen molar-refractivity contribution in [3.8, 4) is 0 Å². The molecule has 5 heteroatoms. The summed E-state index contributed by atoms with van der Waals surface area (Å²) in [6.07, 6.45) is 4.07. The number of para-hydroxylation sites is 1. The van der Waals surface area contributed by atoms with Crippen LogP contribution in [0.1, 0.15) is 10.6 Å². The van der Waals surface area contributed by atoms with Gasteiger partial charge in [0.05, 0.1) is 23.4 Å². The maximum atomic E-state index is 9.11. The first-order chi connectivity index (χ1) is 11.8. The van der Waals surface area contributed by atoms with Gasteiger partial charge in [0.15, 0.2) is 0 Å². The fourth-order valence-electron chi connectivity index (χ4n) is 2.54. The van der Waals surface area contributed by atoms with Gasteiger partial charge in [0, 0.05) is 18.8 Å². The Hall–Kier alpha value is -2.21. The molecule has 24 heavy (non-hydrogen) atoms. The number of fused-ring (bicyclic) bond motifs is 1. The zero-order chi connectivity index (χ0) is 16.8. The number of benzene rings is 2. The number of hydrogen-bond acceptors (Lipinski definition) is 5. The maximum absolute atomic E-state index is 9.11. The van der Waals surface area contributed by atoms with Crippen LogP contribution in [0.2, 0.25) is 0 Å². The normalized spacial score (nSPS) is 11.4. The summed E-state index contributed by atoms with van der Waals surface area (Å²) in [5.74, 6) is 0. The Morgan fingerprint density at radius 1 is 0.917 bits per heavy atom. The lowest BCUT2D eigenvalue weighted by Crippen LogP contribution is -2.29. The van der Waals surface area contributed by atoms with Crippen LogP contribution in [0.25, 0.3) is 22.4 Å². The van der Waals surface area contributed by atoms with E-state index in [1.807, 2.05) is 59.5 Å². The molecular formula is C19H20N2O2S. The van der Waals surface area contributed by atoms with Crippen molar-refractivity contribution in [3.05, 3.63) is 59.1 Å². The van der Waals surface area contributed by atoms with Crippen molar-refractivity contribution in [2.45, 2.75) is 0 Å². The predicted octanol–water partition coefficient (Wildman–Crippen LogP) is 3.26. The van der Waals surface area contributed by atoms with E-state index in [1.165, 1.54) is 4.70 Å². The zero-order valence-electron chi connectivity index (χ0n) is 13.3. The Morgan fingerprint density at radius 3 is 2.29 bits per heavy atom. The van der Waals surface area contributed by atoms with Gasteiger partial charge in [0.1, 0.15) is 5.01 Å². The minimum atomic E-state index is 0.0687. The van der Waals surface area contributed by atoms with Crippen LogP contribution in [0.3, 0.4) is 0 Å². The van der Waals surface area contributed by atoms with E-state index in [1.54, 1.807) is 11.3 Å².